The lowest BCUT2D eigenvalue weighted by molar-refractivity contribution is 0.0903. The minimum Gasteiger partial charge on any atom is -0.465 e. The van der Waals surface area contributed by atoms with Crippen LogP contribution in [0.2, 0.25) is 0 Å². The minimum atomic E-state index is -0.958. The van der Waals surface area contributed by atoms with Crippen molar-refractivity contribution in [3.8, 4) is 0 Å². The van der Waals surface area contributed by atoms with Crippen LogP contribution in [0.3, 0.4) is 0 Å². The van der Waals surface area contributed by atoms with Crippen LogP contribution in [-0.2, 0) is 5.54 Å². The summed E-state index contributed by atoms with van der Waals surface area (Å²) in [7, 11) is 0. The Morgan fingerprint density at radius 2 is 2.41 bits per heavy atom. The van der Waals surface area contributed by atoms with Crippen LogP contribution in [0.15, 0.2) is 14.6 Å². The number of nitrogens with one attached hydrogen (secondary N) is 1. The minimum absolute atomic E-state index is 0.205. The SMILES string of the molecule is CCCC1(c2nc3cc(Br)sc3c(=O)[nH]2)CCCN1C(=O)O. The van der Waals surface area contributed by atoms with E-state index >= 15 is 0 Å². The molecule has 1 saturated heterocycles. The lowest BCUT2D eigenvalue weighted by Crippen LogP contribution is -2.46. The zero-order valence-electron chi connectivity index (χ0n) is 12.1. The molecule has 0 aromatic carbocycles. The number of carbonyl (C=O) groups is 1. The van der Waals surface area contributed by atoms with E-state index in [1.807, 2.05) is 6.92 Å². The second-order valence-electron chi connectivity index (χ2n) is 5.50. The van der Waals surface area contributed by atoms with Crippen LogP contribution in [0.25, 0.3) is 10.2 Å². The summed E-state index contributed by atoms with van der Waals surface area (Å²) in [6.07, 6.45) is 1.98. The van der Waals surface area contributed by atoms with E-state index in [-0.39, 0.29) is 5.56 Å². The van der Waals surface area contributed by atoms with Crippen molar-refractivity contribution in [2.45, 2.75) is 38.1 Å². The molecule has 22 heavy (non-hydrogen) atoms. The fourth-order valence-electron chi connectivity index (χ4n) is 3.33. The third kappa shape index (κ3) is 2.34. The molecular formula is C14H16BrN3O3S. The number of H-pyrrole nitrogens is 1. The molecule has 8 heteroatoms. The highest BCUT2D eigenvalue weighted by atomic mass is 79.9. The molecule has 0 spiro atoms. The average molecular weight is 386 g/mol. The molecule has 1 unspecified atom stereocenters. The van der Waals surface area contributed by atoms with Crippen LogP contribution >= 0.6 is 27.3 Å². The highest BCUT2D eigenvalue weighted by Gasteiger charge is 2.46. The molecule has 0 radical (unpaired) electrons. The van der Waals surface area contributed by atoms with E-state index in [0.717, 1.165) is 16.6 Å². The van der Waals surface area contributed by atoms with Crippen molar-refractivity contribution in [3.05, 3.63) is 26.0 Å². The molecule has 0 saturated carbocycles. The number of hydrogen-bond donors (Lipinski definition) is 2. The number of halogens is 1. The molecule has 6 nitrogen and oxygen atoms in total. The molecule has 1 amide bonds. The van der Waals surface area contributed by atoms with Crippen molar-refractivity contribution in [2.24, 2.45) is 0 Å². The Kier molecular flexibility index (Phi) is 3.98. The van der Waals surface area contributed by atoms with Gasteiger partial charge in [-0.15, -0.1) is 11.3 Å². The largest absolute Gasteiger partial charge is 0.465 e. The van der Waals surface area contributed by atoms with E-state index in [4.69, 9.17) is 0 Å². The topological polar surface area (TPSA) is 86.3 Å². The van der Waals surface area contributed by atoms with Crippen molar-refractivity contribution in [3.63, 3.8) is 0 Å². The van der Waals surface area contributed by atoms with Crippen LogP contribution in [0.5, 0.6) is 0 Å². The molecular weight excluding hydrogens is 370 g/mol. The maximum absolute atomic E-state index is 12.3. The monoisotopic (exact) mass is 385 g/mol. The Morgan fingerprint density at radius 1 is 1.64 bits per heavy atom. The fraction of sp³-hybridized carbons (Fsp3) is 0.500. The first kappa shape index (κ1) is 15.5. The number of nitrogens with zero attached hydrogens (tertiary/aromatic N) is 2. The molecule has 3 rings (SSSR count). The summed E-state index contributed by atoms with van der Waals surface area (Å²) >= 11 is 4.70. The summed E-state index contributed by atoms with van der Waals surface area (Å²) in [6, 6.07) is 1.80. The van der Waals surface area contributed by atoms with Gasteiger partial charge in [-0.1, -0.05) is 13.3 Å². The van der Waals surface area contributed by atoms with Crippen molar-refractivity contribution >= 4 is 43.6 Å². The van der Waals surface area contributed by atoms with E-state index in [9.17, 15) is 14.7 Å². The highest BCUT2D eigenvalue weighted by Crippen LogP contribution is 2.41. The summed E-state index contributed by atoms with van der Waals surface area (Å²) in [5.74, 6) is 0.469. The van der Waals surface area contributed by atoms with Gasteiger partial charge in [0.15, 0.2) is 0 Å². The molecule has 1 aliphatic rings. The molecule has 2 aromatic rings. The number of carboxylic acid groups (broad SMARTS) is 1. The first-order chi connectivity index (χ1) is 10.5. The predicted octanol–water partition coefficient (Wildman–Crippen LogP) is 3.52. The van der Waals surface area contributed by atoms with Crippen molar-refractivity contribution in [2.75, 3.05) is 6.54 Å². The van der Waals surface area contributed by atoms with E-state index in [1.54, 1.807) is 6.07 Å². The van der Waals surface area contributed by atoms with Gasteiger partial charge in [0.25, 0.3) is 5.56 Å². The quantitative estimate of drug-likeness (QED) is 0.845. The van der Waals surface area contributed by atoms with Gasteiger partial charge in [0.1, 0.15) is 16.1 Å². The van der Waals surface area contributed by atoms with E-state index in [1.165, 1.54) is 16.2 Å². The van der Waals surface area contributed by atoms with Crippen molar-refractivity contribution in [1.29, 1.82) is 0 Å². The Hall–Kier alpha value is -1.41. The maximum Gasteiger partial charge on any atom is 0.408 e. The summed E-state index contributed by atoms with van der Waals surface area (Å²) in [6.45, 7) is 2.49. The van der Waals surface area contributed by atoms with Gasteiger partial charge in [0.05, 0.1) is 9.30 Å². The number of aromatic nitrogens is 2. The Bertz CT molecular complexity index is 787. The number of aromatic amines is 1. The van der Waals surface area contributed by atoms with Gasteiger partial charge in [-0.25, -0.2) is 9.78 Å². The molecule has 2 N–H and O–H groups in total. The normalized spacial score (nSPS) is 21.6. The lowest BCUT2D eigenvalue weighted by Gasteiger charge is -2.35. The van der Waals surface area contributed by atoms with Crippen LogP contribution in [0.4, 0.5) is 4.79 Å². The second-order valence-corrected chi connectivity index (χ2v) is 7.93. The number of amides is 1. The standard InChI is InChI=1S/C14H16BrN3O3S/c1-2-4-14(5-3-6-18(14)13(20)21)12-16-8-7-9(15)22-10(8)11(19)17-12/h7H,2-6H2,1H3,(H,20,21)(H,16,17,19). The molecule has 1 fully saturated rings. The Balaban J connectivity index is 2.20. The second kappa shape index (κ2) is 5.66. The smallest absolute Gasteiger partial charge is 0.408 e. The third-order valence-corrected chi connectivity index (χ3v) is 5.80. The summed E-state index contributed by atoms with van der Waals surface area (Å²) in [5, 5.41) is 9.52. The van der Waals surface area contributed by atoms with Crippen molar-refractivity contribution < 1.29 is 9.90 Å². The van der Waals surface area contributed by atoms with E-state index < -0.39 is 11.6 Å². The molecule has 2 aromatic heterocycles. The van der Waals surface area contributed by atoms with E-state index in [2.05, 4.69) is 25.9 Å². The van der Waals surface area contributed by atoms with Gasteiger partial charge in [0, 0.05) is 6.54 Å². The molecule has 3 heterocycles. The first-order valence-corrected chi connectivity index (χ1v) is 8.79. The number of likely N-dealkylation sites (tertiary alicyclic amines) is 1. The number of fused-ring (bicyclic) bond motifs is 1. The zero-order valence-corrected chi connectivity index (χ0v) is 14.5. The number of hydrogen-bond acceptors (Lipinski definition) is 4. The third-order valence-electron chi connectivity index (χ3n) is 4.18. The van der Waals surface area contributed by atoms with Gasteiger partial charge in [-0.05, 0) is 41.3 Å². The number of rotatable bonds is 3. The molecule has 1 aliphatic heterocycles. The predicted molar refractivity (Wildman–Crippen MR) is 88.5 cm³/mol. The van der Waals surface area contributed by atoms with Gasteiger partial charge in [-0.3, -0.25) is 9.69 Å². The van der Waals surface area contributed by atoms with Gasteiger partial charge in [0.2, 0.25) is 0 Å². The molecule has 1 atom stereocenters. The molecule has 118 valence electrons. The van der Waals surface area contributed by atoms with Crippen LogP contribution in [0, 0.1) is 0 Å². The van der Waals surface area contributed by atoms with Gasteiger partial charge >= 0.3 is 6.09 Å². The summed E-state index contributed by atoms with van der Waals surface area (Å²) in [4.78, 5) is 32.8. The average Bonchev–Trinajstić information content (AvgIpc) is 3.03. The first-order valence-electron chi connectivity index (χ1n) is 7.18. The number of thiophene rings is 1. The van der Waals surface area contributed by atoms with E-state index in [0.29, 0.717) is 35.4 Å². The Morgan fingerprint density at radius 3 is 3.09 bits per heavy atom. The summed E-state index contributed by atoms with van der Waals surface area (Å²) < 4.78 is 1.39. The molecule has 0 bridgehead atoms. The Labute approximate surface area is 139 Å². The molecule has 0 aliphatic carbocycles. The lowest BCUT2D eigenvalue weighted by atomic mass is 9.89. The van der Waals surface area contributed by atoms with Crippen LogP contribution in [0.1, 0.15) is 38.4 Å². The van der Waals surface area contributed by atoms with Crippen molar-refractivity contribution in [1.82, 2.24) is 14.9 Å². The highest BCUT2D eigenvalue weighted by molar-refractivity contribution is 9.11. The maximum atomic E-state index is 12.3. The van der Waals surface area contributed by atoms with Gasteiger partial charge in [-0.2, -0.15) is 0 Å². The summed E-state index contributed by atoms with van der Waals surface area (Å²) in [5.41, 5.74) is -0.311. The zero-order chi connectivity index (χ0) is 15.9. The van der Waals surface area contributed by atoms with Crippen LogP contribution < -0.4 is 5.56 Å². The van der Waals surface area contributed by atoms with Crippen LogP contribution in [-0.4, -0.2) is 32.6 Å². The fourth-order valence-corrected chi connectivity index (χ4v) is 4.75. The van der Waals surface area contributed by atoms with Gasteiger partial charge < -0.3 is 10.1 Å².